The van der Waals surface area contributed by atoms with E-state index in [0.29, 0.717) is 11.9 Å². The first-order valence-corrected chi connectivity index (χ1v) is 4.90. The highest BCUT2D eigenvalue weighted by Gasteiger charge is 2.33. The number of carbonyl (C=O) groups is 1. The third-order valence-corrected chi connectivity index (χ3v) is 2.93. The van der Waals surface area contributed by atoms with Crippen molar-refractivity contribution in [3.05, 3.63) is 0 Å². The van der Waals surface area contributed by atoms with Crippen molar-refractivity contribution >= 4 is 17.7 Å². The van der Waals surface area contributed by atoms with Crippen molar-refractivity contribution in [2.45, 2.75) is 18.9 Å². The van der Waals surface area contributed by atoms with Gasteiger partial charge in [0.05, 0.1) is 5.75 Å². The molecule has 2 rings (SSSR count). The summed E-state index contributed by atoms with van der Waals surface area (Å²) in [5.74, 6) is 2.22. The third-order valence-electron chi connectivity index (χ3n) is 2.01. The van der Waals surface area contributed by atoms with Gasteiger partial charge in [-0.1, -0.05) is 0 Å². The lowest BCUT2D eigenvalue weighted by atomic mass is 10.4. The summed E-state index contributed by atoms with van der Waals surface area (Å²) in [6.07, 6.45) is 2.49. The zero-order valence-electron chi connectivity index (χ0n) is 5.88. The Balaban J connectivity index is 1.96. The first kappa shape index (κ1) is 6.53. The molecule has 2 aliphatic rings. The first-order chi connectivity index (χ1) is 4.88. The molecule has 1 saturated heterocycles. The van der Waals surface area contributed by atoms with Crippen LogP contribution in [0.2, 0.25) is 0 Å². The SMILES string of the molecule is O=C1CSCCN1C1CC1. The van der Waals surface area contributed by atoms with Gasteiger partial charge in [-0.25, -0.2) is 0 Å². The van der Waals surface area contributed by atoms with Gasteiger partial charge in [0, 0.05) is 18.3 Å². The summed E-state index contributed by atoms with van der Waals surface area (Å²) in [6.45, 7) is 0.994. The average Bonchev–Trinajstić information content (AvgIpc) is 2.71. The van der Waals surface area contributed by atoms with Crippen LogP contribution in [0.4, 0.5) is 0 Å². The highest BCUT2D eigenvalue weighted by Crippen LogP contribution is 2.29. The van der Waals surface area contributed by atoms with Gasteiger partial charge in [0.1, 0.15) is 0 Å². The van der Waals surface area contributed by atoms with Gasteiger partial charge in [0.25, 0.3) is 0 Å². The molecule has 1 aliphatic carbocycles. The fraction of sp³-hybridized carbons (Fsp3) is 0.857. The summed E-state index contributed by atoms with van der Waals surface area (Å²) >= 11 is 1.76. The van der Waals surface area contributed by atoms with Crippen molar-refractivity contribution in [1.82, 2.24) is 4.90 Å². The van der Waals surface area contributed by atoms with Crippen LogP contribution >= 0.6 is 11.8 Å². The predicted octanol–water partition coefficient (Wildman–Crippen LogP) is 0.724. The predicted molar refractivity (Wildman–Crippen MR) is 42.1 cm³/mol. The molecule has 0 aromatic carbocycles. The first-order valence-electron chi connectivity index (χ1n) is 3.75. The van der Waals surface area contributed by atoms with Crippen molar-refractivity contribution in [2.24, 2.45) is 0 Å². The van der Waals surface area contributed by atoms with E-state index in [2.05, 4.69) is 4.90 Å². The largest absolute Gasteiger partial charge is 0.338 e. The second-order valence-electron chi connectivity index (χ2n) is 2.87. The summed E-state index contributed by atoms with van der Waals surface area (Å²) in [5.41, 5.74) is 0. The van der Waals surface area contributed by atoms with Crippen molar-refractivity contribution < 1.29 is 4.79 Å². The molecule has 0 bridgehead atoms. The van der Waals surface area contributed by atoms with E-state index in [1.165, 1.54) is 12.8 Å². The van der Waals surface area contributed by atoms with Gasteiger partial charge in [0.2, 0.25) is 5.91 Å². The average molecular weight is 157 g/mol. The zero-order valence-corrected chi connectivity index (χ0v) is 6.69. The molecule has 0 spiro atoms. The van der Waals surface area contributed by atoms with E-state index in [4.69, 9.17) is 0 Å². The van der Waals surface area contributed by atoms with Crippen LogP contribution in [0.1, 0.15) is 12.8 Å². The Kier molecular flexibility index (Phi) is 1.60. The van der Waals surface area contributed by atoms with Crippen LogP contribution in [0, 0.1) is 0 Å². The van der Waals surface area contributed by atoms with Gasteiger partial charge >= 0.3 is 0 Å². The summed E-state index contributed by atoms with van der Waals surface area (Å²) in [7, 11) is 0. The maximum absolute atomic E-state index is 11.2. The lowest BCUT2D eigenvalue weighted by Gasteiger charge is -2.25. The van der Waals surface area contributed by atoms with Crippen LogP contribution in [0.5, 0.6) is 0 Å². The minimum absolute atomic E-state index is 0.360. The number of amides is 1. The van der Waals surface area contributed by atoms with Gasteiger partial charge in [-0.2, -0.15) is 11.8 Å². The molecule has 1 aliphatic heterocycles. The van der Waals surface area contributed by atoms with Gasteiger partial charge in [0.15, 0.2) is 0 Å². The second-order valence-corrected chi connectivity index (χ2v) is 3.98. The molecule has 2 fully saturated rings. The van der Waals surface area contributed by atoms with E-state index in [9.17, 15) is 4.79 Å². The zero-order chi connectivity index (χ0) is 6.97. The second kappa shape index (κ2) is 2.46. The maximum Gasteiger partial charge on any atom is 0.232 e. The minimum atomic E-state index is 0.360. The van der Waals surface area contributed by atoms with Gasteiger partial charge in [-0.15, -0.1) is 0 Å². The normalized spacial score (nSPS) is 27.2. The van der Waals surface area contributed by atoms with Crippen LogP contribution in [0.3, 0.4) is 0 Å². The Morgan fingerprint density at radius 3 is 2.90 bits per heavy atom. The molecular formula is C7H11NOS. The van der Waals surface area contributed by atoms with Crippen LogP contribution in [0.25, 0.3) is 0 Å². The van der Waals surface area contributed by atoms with Crippen molar-refractivity contribution in [1.29, 1.82) is 0 Å². The Labute approximate surface area is 65.0 Å². The van der Waals surface area contributed by atoms with Gasteiger partial charge < -0.3 is 4.90 Å². The molecule has 56 valence electrons. The number of carbonyl (C=O) groups excluding carboxylic acids is 1. The molecule has 1 amide bonds. The summed E-state index contributed by atoms with van der Waals surface area (Å²) in [6, 6.07) is 0.633. The molecular weight excluding hydrogens is 146 g/mol. The number of nitrogens with zero attached hydrogens (tertiary/aromatic N) is 1. The minimum Gasteiger partial charge on any atom is -0.338 e. The maximum atomic E-state index is 11.2. The number of thioether (sulfide) groups is 1. The molecule has 3 heteroatoms. The molecule has 10 heavy (non-hydrogen) atoms. The molecule has 1 heterocycles. The van der Waals surface area contributed by atoms with Crippen LogP contribution in [0.15, 0.2) is 0 Å². The monoisotopic (exact) mass is 157 g/mol. The fourth-order valence-electron chi connectivity index (χ4n) is 1.30. The molecule has 1 saturated carbocycles. The standard InChI is InChI=1S/C7H11NOS/c9-7-5-10-4-3-8(7)6-1-2-6/h6H,1-5H2. The molecule has 0 aromatic heterocycles. The summed E-state index contributed by atoms with van der Waals surface area (Å²) < 4.78 is 0. The van der Waals surface area contributed by atoms with E-state index in [1.54, 1.807) is 11.8 Å². The van der Waals surface area contributed by atoms with Crippen LogP contribution in [-0.4, -0.2) is 34.9 Å². The fourth-order valence-corrected chi connectivity index (χ4v) is 2.11. The van der Waals surface area contributed by atoms with Crippen LogP contribution in [-0.2, 0) is 4.79 Å². The molecule has 2 nitrogen and oxygen atoms in total. The van der Waals surface area contributed by atoms with E-state index in [1.807, 2.05) is 0 Å². The highest BCUT2D eigenvalue weighted by atomic mass is 32.2. The van der Waals surface area contributed by atoms with Crippen molar-refractivity contribution in [2.75, 3.05) is 18.1 Å². The highest BCUT2D eigenvalue weighted by molar-refractivity contribution is 8.00. The Bertz CT molecular complexity index is 156. The van der Waals surface area contributed by atoms with Crippen molar-refractivity contribution in [3.8, 4) is 0 Å². The molecule has 0 atom stereocenters. The Morgan fingerprint density at radius 1 is 1.50 bits per heavy atom. The summed E-state index contributed by atoms with van der Waals surface area (Å²) in [4.78, 5) is 13.2. The molecule has 0 aromatic rings. The van der Waals surface area contributed by atoms with E-state index in [-0.39, 0.29) is 0 Å². The van der Waals surface area contributed by atoms with E-state index >= 15 is 0 Å². The lowest BCUT2D eigenvalue weighted by molar-refractivity contribution is -0.129. The Hall–Kier alpha value is -0.180. The molecule has 0 N–H and O–H groups in total. The lowest BCUT2D eigenvalue weighted by Crippen LogP contribution is -2.39. The molecule has 0 unspecified atom stereocenters. The number of rotatable bonds is 1. The topological polar surface area (TPSA) is 20.3 Å². The summed E-state index contributed by atoms with van der Waals surface area (Å²) in [5, 5.41) is 0. The van der Waals surface area contributed by atoms with Crippen LogP contribution < -0.4 is 0 Å². The smallest absolute Gasteiger partial charge is 0.232 e. The van der Waals surface area contributed by atoms with Gasteiger partial charge in [-0.3, -0.25) is 4.79 Å². The molecule has 0 radical (unpaired) electrons. The quantitative estimate of drug-likeness (QED) is 0.559. The Morgan fingerprint density at radius 2 is 2.30 bits per heavy atom. The third kappa shape index (κ3) is 1.15. The number of hydrogen-bond donors (Lipinski definition) is 0. The van der Waals surface area contributed by atoms with E-state index in [0.717, 1.165) is 18.1 Å². The number of hydrogen-bond acceptors (Lipinski definition) is 2. The van der Waals surface area contributed by atoms with E-state index < -0.39 is 0 Å². The van der Waals surface area contributed by atoms with Crippen molar-refractivity contribution in [3.63, 3.8) is 0 Å². The van der Waals surface area contributed by atoms with Gasteiger partial charge in [-0.05, 0) is 12.8 Å².